The van der Waals surface area contributed by atoms with Gasteiger partial charge in [0.15, 0.2) is 6.04 Å². The largest absolute Gasteiger partial charge is 0.483 e. The van der Waals surface area contributed by atoms with E-state index in [0.29, 0.717) is 24.6 Å². The fourth-order valence-corrected chi connectivity index (χ4v) is 3.14. The number of alkyl halides is 2. The SMILES string of the molecule is COC1=N[C@H](C(C)C)C(OC)=N[C@H]1[C@@H](O)CCC=CCCCCCCC(F)F. The summed E-state index contributed by atoms with van der Waals surface area (Å²) >= 11 is 0. The number of methoxy groups -OCH3 is 2. The Kier molecular flexibility index (Phi) is 12.0. The molecule has 0 aromatic carbocycles. The number of ether oxygens (including phenoxy) is 2. The summed E-state index contributed by atoms with van der Waals surface area (Å²) in [5.74, 6) is 1.20. The highest BCUT2D eigenvalue weighted by molar-refractivity contribution is 5.94. The Labute approximate surface area is 167 Å². The Bertz CT molecular complexity index is 522. The summed E-state index contributed by atoms with van der Waals surface area (Å²) in [6.45, 7) is 4.08. The summed E-state index contributed by atoms with van der Waals surface area (Å²) in [6.07, 6.45) is 6.90. The molecule has 0 saturated carbocycles. The third kappa shape index (κ3) is 8.67. The fraction of sp³-hybridized carbons (Fsp3) is 0.810. The topological polar surface area (TPSA) is 63.4 Å². The molecule has 28 heavy (non-hydrogen) atoms. The molecule has 5 nitrogen and oxygen atoms in total. The smallest absolute Gasteiger partial charge is 0.238 e. The van der Waals surface area contributed by atoms with Gasteiger partial charge in [0.1, 0.15) is 6.04 Å². The molecule has 1 aliphatic heterocycles. The maximum absolute atomic E-state index is 12.0. The number of aliphatic hydroxyl groups is 1. The molecular formula is C21H36F2N2O3. The van der Waals surface area contributed by atoms with Crippen molar-refractivity contribution < 1.29 is 23.4 Å². The number of aliphatic imine (C=N–C) groups is 2. The average molecular weight is 403 g/mol. The number of hydrogen-bond acceptors (Lipinski definition) is 5. The van der Waals surface area contributed by atoms with Crippen molar-refractivity contribution >= 4 is 11.8 Å². The Morgan fingerprint density at radius 3 is 2.07 bits per heavy atom. The lowest BCUT2D eigenvalue weighted by Gasteiger charge is -2.29. The van der Waals surface area contributed by atoms with Crippen molar-refractivity contribution in [3.8, 4) is 0 Å². The first-order valence-electron chi connectivity index (χ1n) is 10.2. The number of aliphatic hydroxyl groups excluding tert-OH is 1. The van der Waals surface area contributed by atoms with Crippen LogP contribution in [-0.4, -0.2) is 55.7 Å². The number of unbranched alkanes of at least 4 members (excludes halogenated alkanes) is 4. The van der Waals surface area contributed by atoms with Crippen LogP contribution in [-0.2, 0) is 9.47 Å². The summed E-state index contributed by atoms with van der Waals surface area (Å²) in [7, 11) is 3.12. The minimum atomic E-state index is -2.18. The first kappa shape index (κ1) is 24.5. The molecule has 0 spiro atoms. The van der Waals surface area contributed by atoms with Gasteiger partial charge in [-0.25, -0.2) is 18.8 Å². The van der Waals surface area contributed by atoms with Crippen molar-refractivity contribution in [3.63, 3.8) is 0 Å². The zero-order chi connectivity index (χ0) is 20.9. The van der Waals surface area contributed by atoms with Crippen LogP contribution in [0.5, 0.6) is 0 Å². The van der Waals surface area contributed by atoms with Gasteiger partial charge in [0.05, 0.1) is 20.3 Å². The van der Waals surface area contributed by atoms with E-state index in [4.69, 9.17) is 9.47 Å². The van der Waals surface area contributed by atoms with Gasteiger partial charge < -0.3 is 14.6 Å². The van der Waals surface area contributed by atoms with Crippen molar-refractivity contribution in [2.45, 2.75) is 89.8 Å². The molecule has 0 aliphatic carbocycles. The predicted octanol–water partition coefficient (Wildman–Crippen LogP) is 4.79. The highest BCUT2D eigenvalue weighted by Crippen LogP contribution is 2.21. The second-order valence-electron chi connectivity index (χ2n) is 7.48. The van der Waals surface area contributed by atoms with Crippen LogP contribution in [0.2, 0.25) is 0 Å². The molecule has 1 heterocycles. The molecule has 1 N–H and O–H groups in total. The van der Waals surface area contributed by atoms with Crippen LogP contribution < -0.4 is 0 Å². The van der Waals surface area contributed by atoms with Crippen LogP contribution >= 0.6 is 0 Å². The summed E-state index contributed by atoms with van der Waals surface area (Å²) in [5.41, 5.74) is 0. The van der Waals surface area contributed by atoms with Gasteiger partial charge in [-0.2, -0.15) is 0 Å². The highest BCUT2D eigenvalue weighted by Gasteiger charge is 2.34. The van der Waals surface area contributed by atoms with E-state index in [1.165, 1.54) is 0 Å². The molecule has 0 radical (unpaired) electrons. The maximum atomic E-state index is 12.0. The zero-order valence-electron chi connectivity index (χ0n) is 17.6. The maximum Gasteiger partial charge on any atom is 0.238 e. The molecule has 0 aromatic rings. The standard InChI is InChI=1S/C21H36F2N2O3/c1-15(2)18-20(27-3)25-19(21(24-18)28-4)16(26)13-11-9-7-5-6-8-10-12-14-17(22)23/h7,9,15-19,26H,5-6,8,10-14H2,1-4H3/t16-,18+,19-/m0/s1. The zero-order valence-corrected chi connectivity index (χ0v) is 17.6. The summed E-state index contributed by atoms with van der Waals surface area (Å²) in [5, 5.41) is 10.5. The minimum absolute atomic E-state index is 0.00679. The minimum Gasteiger partial charge on any atom is -0.483 e. The lowest BCUT2D eigenvalue weighted by Crippen LogP contribution is -2.42. The van der Waals surface area contributed by atoms with Crippen molar-refractivity contribution in [2.75, 3.05) is 14.2 Å². The van der Waals surface area contributed by atoms with E-state index < -0.39 is 18.6 Å². The van der Waals surface area contributed by atoms with Crippen molar-refractivity contribution in [1.82, 2.24) is 0 Å². The number of nitrogens with zero attached hydrogens (tertiary/aromatic N) is 2. The first-order chi connectivity index (χ1) is 13.4. The number of rotatable bonds is 12. The predicted molar refractivity (Wildman–Crippen MR) is 109 cm³/mol. The van der Waals surface area contributed by atoms with Crippen molar-refractivity contribution in [3.05, 3.63) is 12.2 Å². The van der Waals surface area contributed by atoms with E-state index in [1.54, 1.807) is 14.2 Å². The van der Waals surface area contributed by atoms with Gasteiger partial charge in [-0.1, -0.05) is 38.8 Å². The summed E-state index contributed by atoms with van der Waals surface area (Å²) in [4.78, 5) is 9.11. The van der Waals surface area contributed by atoms with E-state index in [1.807, 2.05) is 19.9 Å². The highest BCUT2D eigenvalue weighted by atomic mass is 19.3. The molecule has 0 saturated heterocycles. The average Bonchev–Trinajstić information content (AvgIpc) is 2.67. The molecule has 1 aliphatic rings. The van der Waals surface area contributed by atoms with Gasteiger partial charge in [-0.15, -0.1) is 0 Å². The number of allylic oxidation sites excluding steroid dienone is 2. The third-order valence-corrected chi connectivity index (χ3v) is 4.79. The molecule has 0 bridgehead atoms. The molecule has 1 rings (SSSR count). The van der Waals surface area contributed by atoms with Gasteiger partial charge in [0, 0.05) is 6.42 Å². The Hall–Kier alpha value is -1.50. The lowest BCUT2D eigenvalue weighted by molar-refractivity contribution is 0.133. The van der Waals surface area contributed by atoms with Crippen LogP contribution in [0, 0.1) is 5.92 Å². The molecule has 0 amide bonds. The lowest BCUT2D eigenvalue weighted by atomic mass is 10.00. The van der Waals surface area contributed by atoms with Crippen LogP contribution in [0.15, 0.2) is 22.1 Å². The Balaban J connectivity index is 2.36. The van der Waals surface area contributed by atoms with Crippen LogP contribution in [0.3, 0.4) is 0 Å². The van der Waals surface area contributed by atoms with Crippen molar-refractivity contribution in [1.29, 1.82) is 0 Å². The van der Waals surface area contributed by atoms with Gasteiger partial charge in [0.25, 0.3) is 0 Å². The van der Waals surface area contributed by atoms with Gasteiger partial charge >= 0.3 is 0 Å². The Morgan fingerprint density at radius 1 is 0.893 bits per heavy atom. The first-order valence-corrected chi connectivity index (χ1v) is 10.2. The summed E-state index contributed by atoms with van der Waals surface area (Å²) in [6, 6.07) is -0.734. The normalized spacial score (nSPS) is 21.2. The van der Waals surface area contributed by atoms with Crippen LogP contribution in [0.4, 0.5) is 8.78 Å². The third-order valence-electron chi connectivity index (χ3n) is 4.79. The molecule has 3 atom stereocenters. The summed E-state index contributed by atoms with van der Waals surface area (Å²) < 4.78 is 34.8. The van der Waals surface area contributed by atoms with Crippen LogP contribution in [0.1, 0.15) is 65.2 Å². The molecule has 162 valence electrons. The molecular weight excluding hydrogens is 366 g/mol. The van der Waals surface area contributed by atoms with E-state index in [9.17, 15) is 13.9 Å². The second kappa shape index (κ2) is 13.6. The quantitative estimate of drug-likeness (QED) is 0.377. The molecule has 0 fully saturated rings. The van der Waals surface area contributed by atoms with Gasteiger partial charge in [-0.3, -0.25) is 0 Å². The van der Waals surface area contributed by atoms with E-state index in [0.717, 1.165) is 32.1 Å². The molecule has 7 heteroatoms. The van der Waals surface area contributed by atoms with E-state index in [2.05, 4.69) is 16.1 Å². The number of hydrogen-bond donors (Lipinski definition) is 1. The van der Waals surface area contributed by atoms with Gasteiger partial charge in [-0.05, 0) is 38.0 Å². The number of halogens is 2. The van der Waals surface area contributed by atoms with Gasteiger partial charge in [0.2, 0.25) is 18.2 Å². The van der Waals surface area contributed by atoms with E-state index >= 15 is 0 Å². The van der Waals surface area contributed by atoms with E-state index in [-0.39, 0.29) is 18.4 Å². The van der Waals surface area contributed by atoms with Crippen molar-refractivity contribution in [2.24, 2.45) is 15.9 Å². The fourth-order valence-electron chi connectivity index (χ4n) is 3.14. The molecule has 0 aromatic heterocycles. The monoisotopic (exact) mass is 402 g/mol. The van der Waals surface area contributed by atoms with Crippen LogP contribution in [0.25, 0.3) is 0 Å². The molecule has 0 unspecified atom stereocenters. The second-order valence-corrected chi connectivity index (χ2v) is 7.48. The Morgan fingerprint density at radius 2 is 1.46 bits per heavy atom.